The summed E-state index contributed by atoms with van der Waals surface area (Å²) in [4.78, 5) is 0. The van der Waals surface area contributed by atoms with Gasteiger partial charge in [-0.05, 0) is 19.1 Å². The van der Waals surface area contributed by atoms with Crippen molar-refractivity contribution in [2.24, 2.45) is 0 Å². The summed E-state index contributed by atoms with van der Waals surface area (Å²) in [6, 6.07) is 3.16. The maximum absolute atomic E-state index is 9.36. The lowest BCUT2D eigenvalue weighted by Crippen LogP contribution is -1.85. The summed E-state index contributed by atoms with van der Waals surface area (Å²) in [6.07, 6.45) is -0.705. The van der Waals surface area contributed by atoms with E-state index in [1.54, 1.807) is 13.0 Å². The molecule has 0 aliphatic rings. The maximum atomic E-state index is 9.36. The van der Waals surface area contributed by atoms with Gasteiger partial charge >= 0.3 is 0 Å². The van der Waals surface area contributed by atoms with Crippen LogP contribution in [0, 0.1) is 0 Å². The van der Waals surface area contributed by atoms with Crippen LogP contribution in [0.3, 0.4) is 0 Å². The molecule has 0 aliphatic heterocycles. The Kier molecular flexibility index (Phi) is 2.86. The molecule has 2 aromatic rings. The lowest BCUT2D eigenvalue weighted by Gasteiger charge is -1.98. The van der Waals surface area contributed by atoms with E-state index in [4.69, 9.17) is 39.2 Å². The van der Waals surface area contributed by atoms with Crippen molar-refractivity contribution in [1.29, 1.82) is 0 Å². The molecule has 15 heavy (non-hydrogen) atoms. The van der Waals surface area contributed by atoms with Gasteiger partial charge in [-0.2, -0.15) is 0 Å². The quantitative estimate of drug-likeness (QED) is 0.773. The molecule has 0 aliphatic carbocycles. The molecule has 1 N–H and O–H groups in total. The van der Waals surface area contributed by atoms with Gasteiger partial charge in [-0.25, -0.2) is 0 Å². The van der Waals surface area contributed by atoms with E-state index in [1.165, 1.54) is 6.07 Å². The highest BCUT2D eigenvalue weighted by atomic mass is 35.5. The van der Waals surface area contributed by atoms with E-state index >= 15 is 0 Å². The van der Waals surface area contributed by atoms with E-state index in [1.807, 2.05) is 0 Å². The van der Waals surface area contributed by atoms with Crippen LogP contribution in [0.2, 0.25) is 15.1 Å². The third-order valence-corrected chi connectivity index (χ3v) is 3.16. The van der Waals surface area contributed by atoms with Crippen LogP contribution < -0.4 is 0 Å². The fourth-order valence-corrected chi connectivity index (χ4v) is 2.04. The summed E-state index contributed by atoms with van der Waals surface area (Å²) in [6.45, 7) is 1.60. The number of aliphatic hydroxyl groups is 1. The summed E-state index contributed by atoms with van der Waals surface area (Å²) in [5.74, 6) is 0.413. The molecule has 0 saturated heterocycles. The van der Waals surface area contributed by atoms with Crippen molar-refractivity contribution >= 4 is 45.8 Å². The smallest absolute Gasteiger partial charge is 0.154 e. The van der Waals surface area contributed by atoms with Gasteiger partial charge in [0.1, 0.15) is 11.9 Å². The fourth-order valence-electron chi connectivity index (χ4n) is 1.33. The first-order valence-corrected chi connectivity index (χ1v) is 5.39. The zero-order valence-electron chi connectivity index (χ0n) is 7.72. The standard InChI is InChI=1S/C10H7Cl3O2/c1-4(14)8-2-5-9(13)6(11)3-7(12)10(5)15-8/h2-4,14H,1H3. The minimum atomic E-state index is -0.705. The van der Waals surface area contributed by atoms with Crippen LogP contribution in [-0.2, 0) is 0 Å². The lowest BCUT2D eigenvalue weighted by molar-refractivity contribution is 0.172. The van der Waals surface area contributed by atoms with E-state index in [9.17, 15) is 5.11 Å². The molecule has 0 spiro atoms. The molecular formula is C10H7Cl3O2. The second kappa shape index (κ2) is 3.87. The first-order chi connectivity index (χ1) is 7.00. The molecule has 0 fully saturated rings. The Morgan fingerprint density at radius 3 is 2.47 bits per heavy atom. The molecule has 1 heterocycles. The van der Waals surface area contributed by atoms with Crippen molar-refractivity contribution in [1.82, 2.24) is 0 Å². The van der Waals surface area contributed by atoms with Crippen LogP contribution in [-0.4, -0.2) is 5.11 Å². The first kappa shape index (κ1) is 11.1. The Balaban J connectivity index is 2.80. The Morgan fingerprint density at radius 2 is 1.87 bits per heavy atom. The molecule has 80 valence electrons. The largest absolute Gasteiger partial charge is 0.457 e. The van der Waals surface area contributed by atoms with Gasteiger partial charge in [0.25, 0.3) is 0 Å². The van der Waals surface area contributed by atoms with Gasteiger partial charge in [0.2, 0.25) is 0 Å². The average Bonchev–Trinajstić information content (AvgIpc) is 2.59. The SMILES string of the molecule is CC(O)c1cc2c(Cl)c(Cl)cc(Cl)c2o1. The molecule has 2 rings (SSSR count). The highest BCUT2D eigenvalue weighted by molar-refractivity contribution is 6.47. The third kappa shape index (κ3) is 1.83. The van der Waals surface area contributed by atoms with Crippen molar-refractivity contribution in [3.05, 3.63) is 33.0 Å². The minimum Gasteiger partial charge on any atom is -0.457 e. The van der Waals surface area contributed by atoms with Gasteiger partial charge < -0.3 is 9.52 Å². The van der Waals surface area contributed by atoms with Crippen molar-refractivity contribution in [2.75, 3.05) is 0 Å². The topological polar surface area (TPSA) is 33.4 Å². The molecule has 1 unspecified atom stereocenters. The predicted octanol–water partition coefficient (Wildman–Crippen LogP) is 4.45. The molecule has 1 atom stereocenters. The number of benzene rings is 1. The summed E-state index contributed by atoms with van der Waals surface area (Å²) in [7, 11) is 0. The summed E-state index contributed by atoms with van der Waals surface area (Å²) >= 11 is 17.8. The van der Waals surface area contributed by atoms with Gasteiger partial charge in [0.15, 0.2) is 5.58 Å². The molecule has 1 aromatic heterocycles. The number of rotatable bonds is 1. The molecule has 5 heteroatoms. The second-order valence-electron chi connectivity index (χ2n) is 3.22. The highest BCUT2D eigenvalue weighted by Gasteiger charge is 2.15. The number of hydrogen-bond acceptors (Lipinski definition) is 2. The Bertz CT molecular complexity index is 517. The molecule has 0 radical (unpaired) electrons. The van der Waals surface area contributed by atoms with Gasteiger partial charge in [-0.15, -0.1) is 0 Å². The molecule has 1 aromatic carbocycles. The van der Waals surface area contributed by atoms with Crippen LogP contribution in [0.15, 0.2) is 16.5 Å². The molecule has 2 nitrogen and oxygen atoms in total. The Morgan fingerprint density at radius 1 is 1.20 bits per heavy atom. The molecule has 0 amide bonds. The van der Waals surface area contributed by atoms with Crippen molar-refractivity contribution in [3.8, 4) is 0 Å². The molecule has 0 saturated carbocycles. The minimum absolute atomic E-state index is 0.368. The highest BCUT2D eigenvalue weighted by Crippen LogP contribution is 2.38. The van der Waals surface area contributed by atoms with E-state index < -0.39 is 6.10 Å². The number of hydrogen-bond donors (Lipinski definition) is 1. The Hall–Kier alpha value is -0.410. The number of furan rings is 1. The lowest BCUT2D eigenvalue weighted by atomic mass is 10.2. The van der Waals surface area contributed by atoms with Crippen LogP contribution in [0.1, 0.15) is 18.8 Å². The van der Waals surface area contributed by atoms with Gasteiger partial charge in [0.05, 0.1) is 15.1 Å². The maximum Gasteiger partial charge on any atom is 0.154 e. The number of fused-ring (bicyclic) bond motifs is 1. The van der Waals surface area contributed by atoms with Gasteiger partial charge in [-0.3, -0.25) is 0 Å². The zero-order chi connectivity index (χ0) is 11.2. The summed E-state index contributed by atoms with van der Waals surface area (Å²) < 4.78 is 5.37. The zero-order valence-corrected chi connectivity index (χ0v) is 9.99. The first-order valence-electron chi connectivity index (χ1n) is 4.25. The van der Waals surface area contributed by atoms with E-state index in [0.717, 1.165) is 0 Å². The Labute approximate surface area is 101 Å². The van der Waals surface area contributed by atoms with Crippen molar-refractivity contribution in [2.45, 2.75) is 13.0 Å². The van der Waals surface area contributed by atoms with Gasteiger partial charge in [-0.1, -0.05) is 34.8 Å². The van der Waals surface area contributed by atoms with Crippen LogP contribution in [0.4, 0.5) is 0 Å². The van der Waals surface area contributed by atoms with Crippen LogP contribution >= 0.6 is 34.8 Å². The second-order valence-corrected chi connectivity index (χ2v) is 4.41. The number of aliphatic hydroxyl groups excluding tert-OH is 1. The van der Waals surface area contributed by atoms with Crippen molar-refractivity contribution in [3.63, 3.8) is 0 Å². The van der Waals surface area contributed by atoms with Crippen LogP contribution in [0.5, 0.6) is 0 Å². The summed E-state index contributed by atoms with van der Waals surface area (Å²) in [5, 5.41) is 11.1. The normalized spacial score (nSPS) is 13.4. The van der Waals surface area contributed by atoms with Crippen molar-refractivity contribution < 1.29 is 9.52 Å². The fraction of sp³-hybridized carbons (Fsp3) is 0.200. The monoisotopic (exact) mass is 264 g/mol. The molecule has 0 bridgehead atoms. The van der Waals surface area contributed by atoms with Gasteiger partial charge in [0, 0.05) is 5.39 Å². The van der Waals surface area contributed by atoms with E-state index in [0.29, 0.717) is 31.8 Å². The van der Waals surface area contributed by atoms with E-state index in [-0.39, 0.29) is 0 Å². The summed E-state index contributed by atoms with van der Waals surface area (Å²) in [5.41, 5.74) is 0.446. The molecular weight excluding hydrogens is 258 g/mol. The van der Waals surface area contributed by atoms with Crippen LogP contribution in [0.25, 0.3) is 11.0 Å². The number of halogens is 3. The van der Waals surface area contributed by atoms with E-state index in [2.05, 4.69) is 0 Å². The average molecular weight is 266 g/mol. The predicted molar refractivity (Wildman–Crippen MR) is 61.9 cm³/mol. The third-order valence-electron chi connectivity index (χ3n) is 2.08.